The number of piperidine rings is 1. The second-order valence-electron chi connectivity index (χ2n) is 7.41. The smallest absolute Gasteiger partial charge is 0.0805 e. The fraction of sp³-hybridized carbons (Fsp3) is 0.700. The topological polar surface area (TPSA) is 26.7 Å². The molecule has 2 saturated heterocycles. The molecule has 3 nitrogen and oxygen atoms in total. The number of hydrogen-bond donors (Lipinski definition) is 1. The van der Waals surface area contributed by atoms with Gasteiger partial charge in [-0.15, -0.1) is 0 Å². The van der Waals surface area contributed by atoms with Crippen LogP contribution in [0.5, 0.6) is 0 Å². The molecule has 3 heteroatoms. The summed E-state index contributed by atoms with van der Waals surface area (Å²) in [5, 5.41) is 10.5. The lowest BCUT2D eigenvalue weighted by Gasteiger charge is -2.35. The van der Waals surface area contributed by atoms with Crippen LogP contribution in [0.4, 0.5) is 0 Å². The molecule has 1 aromatic rings. The Bertz CT molecular complexity index is 464. The molecule has 1 N–H and O–H groups in total. The minimum Gasteiger partial charge on any atom is -0.388 e. The van der Waals surface area contributed by atoms with Gasteiger partial charge in [-0.1, -0.05) is 36.8 Å². The summed E-state index contributed by atoms with van der Waals surface area (Å²) < 4.78 is 0. The van der Waals surface area contributed by atoms with Crippen LogP contribution in [0.2, 0.25) is 0 Å². The quantitative estimate of drug-likeness (QED) is 0.871. The maximum Gasteiger partial charge on any atom is 0.0805 e. The number of nitrogens with zero attached hydrogens (tertiary/aromatic N) is 2. The molecule has 3 unspecified atom stereocenters. The van der Waals surface area contributed by atoms with Crippen molar-refractivity contribution in [2.75, 3.05) is 26.7 Å². The van der Waals surface area contributed by atoms with E-state index >= 15 is 0 Å². The van der Waals surface area contributed by atoms with Crippen LogP contribution in [0.3, 0.4) is 0 Å². The average Bonchev–Trinajstić information content (AvgIpc) is 3.02. The van der Waals surface area contributed by atoms with Crippen LogP contribution < -0.4 is 0 Å². The van der Waals surface area contributed by atoms with Crippen molar-refractivity contribution < 1.29 is 5.11 Å². The molecule has 128 valence electrons. The van der Waals surface area contributed by atoms with Gasteiger partial charge in [0.15, 0.2) is 0 Å². The van der Waals surface area contributed by atoms with E-state index in [9.17, 15) is 5.11 Å². The molecule has 1 aromatic carbocycles. The van der Waals surface area contributed by atoms with Crippen LogP contribution in [-0.4, -0.2) is 53.7 Å². The summed E-state index contributed by atoms with van der Waals surface area (Å²) in [6.07, 6.45) is 8.49. The van der Waals surface area contributed by atoms with E-state index in [1.165, 1.54) is 58.2 Å². The van der Waals surface area contributed by atoms with Gasteiger partial charge in [0.25, 0.3) is 0 Å². The van der Waals surface area contributed by atoms with E-state index in [1.54, 1.807) is 0 Å². The zero-order chi connectivity index (χ0) is 16.1. The molecule has 0 aromatic heterocycles. The summed E-state index contributed by atoms with van der Waals surface area (Å²) in [6, 6.07) is 11.5. The molecule has 0 saturated carbocycles. The third-order valence-electron chi connectivity index (χ3n) is 5.85. The molecular weight excluding hydrogens is 284 g/mol. The normalized spacial score (nSPS) is 28.1. The van der Waals surface area contributed by atoms with Crippen molar-refractivity contribution in [1.29, 1.82) is 0 Å². The maximum absolute atomic E-state index is 10.5. The minimum atomic E-state index is -0.320. The summed E-state index contributed by atoms with van der Waals surface area (Å²) in [5.41, 5.74) is 1.06. The molecule has 0 aliphatic carbocycles. The van der Waals surface area contributed by atoms with Crippen LogP contribution in [0.1, 0.15) is 56.6 Å². The fourth-order valence-corrected chi connectivity index (χ4v) is 4.35. The highest BCUT2D eigenvalue weighted by Crippen LogP contribution is 2.28. The van der Waals surface area contributed by atoms with Gasteiger partial charge < -0.3 is 14.9 Å². The van der Waals surface area contributed by atoms with E-state index in [1.807, 2.05) is 30.3 Å². The van der Waals surface area contributed by atoms with Gasteiger partial charge >= 0.3 is 0 Å². The van der Waals surface area contributed by atoms with Crippen LogP contribution >= 0.6 is 0 Å². The minimum absolute atomic E-state index is 0.320. The Morgan fingerprint density at radius 1 is 1.04 bits per heavy atom. The number of likely N-dealkylation sites (tertiary alicyclic amines) is 2. The monoisotopic (exact) mass is 316 g/mol. The van der Waals surface area contributed by atoms with E-state index in [4.69, 9.17) is 0 Å². The number of aliphatic hydroxyl groups is 1. The highest BCUT2D eigenvalue weighted by molar-refractivity contribution is 5.17. The van der Waals surface area contributed by atoms with E-state index in [-0.39, 0.29) is 6.10 Å². The Hall–Kier alpha value is -0.900. The van der Waals surface area contributed by atoms with E-state index < -0.39 is 0 Å². The van der Waals surface area contributed by atoms with Gasteiger partial charge in [-0.3, -0.25) is 0 Å². The molecule has 0 amide bonds. The van der Waals surface area contributed by atoms with Crippen molar-refractivity contribution in [2.45, 2.75) is 63.1 Å². The molecule has 23 heavy (non-hydrogen) atoms. The number of rotatable bonds is 6. The lowest BCUT2D eigenvalue weighted by molar-refractivity contribution is 0.108. The van der Waals surface area contributed by atoms with Gasteiger partial charge in [0.2, 0.25) is 0 Å². The van der Waals surface area contributed by atoms with Gasteiger partial charge in [-0.05, 0) is 70.8 Å². The van der Waals surface area contributed by atoms with Crippen molar-refractivity contribution in [3.63, 3.8) is 0 Å². The van der Waals surface area contributed by atoms with E-state index in [0.29, 0.717) is 6.04 Å². The largest absolute Gasteiger partial charge is 0.388 e. The average molecular weight is 316 g/mol. The number of benzene rings is 1. The van der Waals surface area contributed by atoms with Crippen LogP contribution in [0, 0.1) is 0 Å². The molecular formula is C20H32N2O. The predicted octanol–water partition coefficient (Wildman–Crippen LogP) is 3.45. The summed E-state index contributed by atoms with van der Waals surface area (Å²) >= 11 is 0. The Kier molecular flexibility index (Phi) is 6.09. The van der Waals surface area contributed by atoms with Crippen molar-refractivity contribution >= 4 is 0 Å². The zero-order valence-corrected chi connectivity index (χ0v) is 14.5. The molecule has 2 aliphatic heterocycles. The molecule has 0 radical (unpaired) electrons. The fourth-order valence-electron chi connectivity index (χ4n) is 4.35. The van der Waals surface area contributed by atoms with Gasteiger partial charge in [0.1, 0.15) is 0 Å². The first kappa shape index (κ1) is 16.9. The van der Waals surface area contributed by atoms with Crippen molar-refractivity contribution in [3.8, 4) is 0 Å². The highest BCUT2D eigenvalue weighted by Gasteiger charge is 2.28. The summed E-state index contributed by atoms with van der Waals surface area (Å²) in [4.78, 5) is 5.18. The molecule has 3 atom stereocenters. The molecule has 2 heterocycles. The lowest BCUT2D eigenvalue weighted by atomic mass is 9.98. The van der Waals surface area contributed by atoms with E-state index in [0.717, 1.165) is 18.0 Å². The van der Waals surface area contributed by atoms with Gasteiger partial charge in [0, 0.05) is 12.1 Å². The highest BCUT2D eigenvalue weighted by atomic mass is 16.3. The second kappa shape index (κ2) is 8.27. The second-order valence-corrected chi connectivity index (χ2v) is 7.41. The summed E-state index contributed by atoms with van der Waals surface area (Å²) in [5.74, 6) is 0. The van der Waals surface area contributed by atoms with Gasteiger partial charge in [0.05, 0.1) is 6.10 Å². The van der Waals surface area contributed by atoms with Gasteiger partial charge in [-0.25, -0.2) is 0 Å². The third kappa shape index (κ3) is 4.56. The standard InChI is InChI=1S/C20H32N2O/c1-21-13-6-5-10-18(21)12-15-22-14-7-11-19(22)16-20(23)17-8-3-2-4-9-17/h2-4,8-9,18-20,23H,5-7,10-16H2,1H3. The van der Waals surface area contributed by atoms with Crippen LogP contribution in [-0.2, 0) is 0 Å². The zero-order valence-electron chi connectivity index (χ0n) is 14.5. The maximum atomic E-state index is 10.5. The van der Waals surface area contributed by atoms with Crippen LogP contribution in [0.15, 0.2) is 30.3 Å². The molecule has 0 spiro atoms. The number of hydrogen-bond acceptors (Lipinski definition) is 3. The first-order chi connectivity index (χ1) is 11.2. The predicted molar refractivity (Wildman–Crippen MR) is 95.5 cm³/mol. The first-order valence-corrected chi connectivity index (χ1v) is 9.41. The summed E-state index contributed by atoms with van der Waals surface area (Å²) in [6.45, 7) is 3.67. The van der Waals surface area contributed by atoms with Crippen molar-refractivity contribution in [2.24, 2.45) is 0 Å². The molecule has 3 rings (SSSR count). The molecule has 2 fully saturated rings. The third-order valence-corrected chi connectivity index (χ3v) is 5.85. The Morgan fingerprint density at radius 2 is 1.83 bits per heavy atom. The number of aliphatic hydroxyl groups excluding tert-OH is 1. The van der Waals surface area contributed by atoms with Crippen LogP contribution in [0.25, 0.3) is 0 Å². The van der Waals surface area contributed by atoms with E-state index in [2.05, 4.69) is 16.8 Å². The molecule has 0 bridgehead atoms. The Morgan fingerprint density at radius 3 is 2.61 bits per heavy atom. The lowest BCUT2D eigenvalue weighted by Crippen LogP contribution is -2.40. The first-order valence-electron chi connectivity index (χ1n) is 9.41. The SMILES string of the molecule is CN1CCCCC1CCN1CCCC1CC(O)c1ccccc1. The molecule has 2 aliphatic rings. The van der Waals surface area contributed by atoms with Crippen molar-refractivity contribution in [1.82, 2.24) is 9.80 Å². The van der Waals surface area contributed by atoms with Gasteiger partial charge in [-0.2, -0.15) is 0 Å². The Balaban J connectivity index is 1.49. The summed E-state index contributed by atoms with van der Waals surface area (Å²) in [7, 11) is 2.28. The Labute approximate surface area is 141 Å². The van der Waals surface area contributed by atoms with Crippen molar-refractivity contribution in [3.05, 3.63) is 35.9 Å².